The second kappa shape index (κ2) is 9.07. The van der Waals surface area contributed by atoms with E-state index in [1.165, 1.54) is 5.57 Å². The fourth-order valence-electron chi connectivity index (χ4n) is 6.27. The Kier molecular flexibility index (Phi) is 5.93. The van der Waals surface area contributed by atoms with Crippen LogP contribution in [0.15, 0.2) is 30.5 Å². The summed E-state index contributed by atoms with van der Waals surface area (Å²) < 4.78 is 21.2. The third kappa shape index (κ3) is 3.86. The molecule has 4 aliphatic rings. The maximum absolute atomic E-state index is 15.8. The molecule has 1 saturated carbocycles. The standard InChI is InChI=1S/C26H34FN5O2/c1-2-15-10-18(33)5-6-19(15)20-7-8-21-24(23(20)27)30-31-25(21)26-28-11-22(29-26)16-4-3-9-32(12-16)17-13-34-14-17/h4-6,10-11,17,20-21,23-25,30-31,33H,2-3,7-9,12-14H2,1H3,(H,28,29). The highest BCUT2D eigenvalue weighted by Gasteiger charge is 2.48. The van der Waals surface area contributed by atoms with E-state index in [9.17, 15) is 5.11 Å². The van der Waals surface area contributed by atoms with Crippen molar-refractivity contribution in [1.29, 1.82) is 0 Å². The fraction of sp³-hybridized carbons (Fsp3) is 0.577. The van der Waals surface area contributed by atoms with E-state index < -0.39 is 6.17 Å². The maximum atomic E-state index is 15.8. The number of aryl methyl sites for hydroxylation is 1. The SMILES string of the molecule is CCc1cc(O)ccc1C1CCC2C(c3ncc(C4=CCCN(C5COC5)C4)[nH]3)NNC2C1F. The largest absolute Gasteiger partial charge is 0.508 e. The molecule has 7 nitrogen and oxygen atoms in total. The molecule has 3 aliphatic heterocycles. The highest BCUT2D eigenvalue weighted by Crippen LogP contribution is 2.45. The van der Waals surface area contributed by atoms with Crippen LogP contribution in [0.1, 0.15) is 60.8 Å². The topological polar surface area (TPSA) is 85.4 Å². The van der Waals surface area contributed by atoms with Crippen LogP contribution in [0, 0.1) is 5.92 Å². The Hall–Kier alpha value is -2.26. The molecule has 4 heterocycles. The number of hydrazine groups is 1. The number of rotatable bonds is 5. The third-order valence-electron chi connectivity index (χ3n) is 8.29. The van der Waals surface area contributed by atoms with Crippen molar-refractivity contribution in [2.75, 3.05) is 26.3 Å². The lowest BCUT2D eigenvalue weighted by molar-refractivity contribution is -0.0607. The van der Waals surface area contributed by atoms with Gasteiger partial charge in [0.2, 0.25) is 0 Å². The summed E-state index contributed by atoms with van der Waals surface area (Å²) in [6, 6.07) is 5.59. The van der Waals surface area contributed by atoms with E-state index in [1.807, 2.05) is 12.3 Å². The smallest absolute Gasteiger partial charge is 0.125 e. The van der Waals surface area contributed by atoms with Gasteiger partial charge in [-0.3, -0.25) is 10.3 Å². The van der Waals surface area contributed by atoms with Crippen molar-refractivity contribution in [1.82, 2.24) is 25.7 Å². The van der Waals surface area contributed by atoms with Gasteiger partial charge in [-0.25, -0.2) is 14.8 Å². The zero-order valence-corrected chi connectivity index (χ0v) is 19.6. The van der Waals surface area contributed by atoms with Gasteiger partial charge in [0, 0.05) is 24.9 Å². The monoisotopic (exact) mass is 467 g/mol. The van der Waals surface area contributed by atoms with Crippen LogP contribution < -0.4 is 10.9 Å². The second-order valence-corrected chi connectivity index (χ2v) is 10.2. The first-order chi connectivity index (χ1) is 16.6. The van der Waals surface area contributed by atoms with Crippen LogP contribution in [0.5, 0.6) is 5.75 Å². The lowest BCUT2D eigenvalue weighted by atomic mass is 9.71. The number of nitrogens with one attached hydrogen (secondary N) is 3. The molecule has 1 aromatic heterocycles. The number of halogens is 1. The first-order valence-electron chi connectivity index (χ1n) is 12.7. The molecule has 5 unspecified atom stereocenters. The Morgan fingerprint density at radius 3 is 2.91 bits per heavy atom. The number of H-pyrrole nitrogens is 1. The summed E-state index contributed by atoms with van der Waals surface area (Å²) in [5.41, 5.74) is 11.0. The lowest BCUT2D eigenvalue weighted by Gasteiger charge is -2.39. The van der Waals surface area contributed by atoms with E-state index in [0.717, 1.165) is 74.6 Å². The number of hydrogen-bond donors (Lipinski definition) is 4. The Morgan fingerprint density at radius 2 is 2.12 bits per heavy atom. The van der Waals surface area contributed by atoms with Crippen LogP contribution >= 0.6 is 0 Å². The predicted octanol–water partition coefficient (Wildman–Crippen LogP) is 3.21. The summed E-state index contributed by atoms with van der Waals surface area (Å²) in [4.78, 5) is 10.8. The molecule has 2 aromatic rings. The highest BCUT2D eigenvalue weighted by atomic mass is 19.1. The quantitative estimate of drug-likeness (QED) is 0.540. The summed E-state index contributed by atoms with van der Waals surface area (Å²) in [6.07, 6.45) is 6.76. The van der Waals surface area contributed by atoms with E-state index in [1.54, 1.807) is 12.1 Å². The molecular weight excluding hydrogens is 433 g/mol. The van der Waals surface area contributed by atoms with Crippen molar-refractivity contribution < 1.29 is 14.2 Å². The van der Waals surface area contributed by atoms with Crippen LogP contribution in [0.25, 0.3) is 5.57 Å². The van der Waals surface area contributed by atoms with Crippen molar-refractivity contribution >= 4 is 5.57 Å². The van der Waals surface area contributed by atoms with Crippen molar-refractivity contribution in [2.45, 2.75) is 62.8 Å². The Balaban J connectivity index is 1.16. The Labute approximate surface area is 199 Å². The Bertz CT molecular complexity index is 1070. The van der Waals surface area contributed by atoms with Gasteiger partial charge in [-0.1, -0.05) is 19.1 Å². The molecule has 3 fully saturated rings. The van der Waals surface area contributed by atoms with E-state index in [2.05, 4.69) is 33.7 Å². The second-order valence-electron chi connectivity index (χ2n) is 10.2. The molecule has 5 atom stereocenters. The van der Waals surface area contributed by atoms with E-state index in [-0.39, 0.29) is 29.7 Å². The average molecular weight is 468 g/mol. The summed E-state index contributed by atoms with van der Waals surface area (Å²) >= 11 is 0. The van der Waals surface area contributed by atoms with Gasteiger partial charge in [-0.2, -0.15) is 0 Å². The number of aromatic nitrogens is 2. The van der Waals surface area contributed by atoms with Crippen molar-refractivity contribution in [2.24, 2.45) is 5.92 Å². The minimum atomic E-state index is -1.00. The molecule has 6 rings (SSSR count). The predicted molar refractivity (Wildman–Crippen MR) is 128 cm³/mol. The number of nitrogens with zero attached hydrogens (tertiary/aromatic N) is 2. The first-order valence-corrected chi connectivity index (χ1v) is 12.7. The van der Waals surface area contributed by atoms with Crippen molar-refractivity contribution in [3.63, 3.8) is 0 Å². The molecule has 182 valence electrons. The minimum absolute atomic E-state index is 0.0382. The molecule has 34 heavy (non-hydrogen) atoms. The number of fused-ring (bicyclic) bond motifs is 1. The van der Waals surface area contributed by atoms with E-state index in [0.29, 0.717) is 6.04 Å². The van der Waals surface area contributed by atoms with Gasteiger partial charge in [0.05, 0.1) is 43.2 Å². The number of aromatic hydroxyl groups is 1. The molecule has 4 N–H and O–H groups in total. The molecule has 8 heteroatoms. The molecule has 2 saturated heterocycles. The normalized spacial score (nSPS) is 32.3. The molecule has 0 amide bonds. The van der Waals surface area contributed by atoms with Crippen molar-refractivity contribution in [3.05, 3.63) is 53.1 Å². The van der Waals surface area contributed by atoms with Gasteiger partial charge in [0.15, 0.2) is 0 Å². The maximum Gasteiger partial charge on any atom is 0.125 e. The zero-order valence-electron chi connectivity index (χ0n) is 19.6. The van der Waals surface area contributed by atoms with Crippen LogP contribution in [0.2, 0.25) is 0 Å². The number of aromatic amines is 1. The van der Waals surface area contributed by atoms with Gasteiger partial charge in [0.1, 0.15) is 17.7 Å². The lowest BCUT2D eigenvalue weighted by Crippen LogP contribution is -2.50. The summed E-state index contributed by atoms with van der Waals surface area (Å²) in [6.45, 7) is 5.71. The number of imidazole rings is 1. The zero-order chi connectivity index (χ0) is 23.2. The van der Waals surface area contributed by atoms with Crippen LogP contribution in [-0.4, -0.2) is 64.5 Å². The van der Waals surface area contributed by atoms with E-state index >= 15 is 4.39 Å². The van der Waals surface area contributed by atoms with Crippen LogP contribution in [0.3, 0.4) is 0 Å². The third-order valence-corrected chi connectivity index (χ3v) is 8.29. The number of ether oxygens (including phenoxy) is 1. The minimum Gasteiger partial charge on any atom is -0.508 e. The number of alkyl halides is 1. The molecule has 0 radical (unpaired) electrons. The van der Waals surface area contributed by atoms with Gasteiger partial charge in [0.25, 0.3) is 0 Å². The number of phenols is 1. The summed E-state index contributed by atoms with van der Waals surface area (Å²) in [7, 11) is 0. The molecule has 1 aliphatic carbocycles. The number of phenolic OH excluding ortho intramolecular Hbond substituents is 1. The van der Waals surface area contributed by atoms with Crippen LogP contribution in [0.4, 0.5) is 4.39 Å². The molecule has 0 bridgehead atoms. The fourth-order valence-corrected chi connectivity index (χ4v) is 6.27. The van der Waals surface area contributed by atoms with Crippen molar-refractivity contribution in [3.8, 4) is 5.75 Å². The van der Waals surface area contributed by atoms with Gasteiger partial charge in [-0.15, -0.1) is 0 Å². The molecular formula is C26H34FN5O2. The first kappa shape index (κ1) is 22.2. The van der Waals surface area contributed by atoms with E-state index in [4.69, 9.17) is 9.72 Å². The number of benzene rings is 1. The molecule has 1 aromatic carbocycles. The Morgan fingerprint density at radius 1 is 1.24 bits per heavy atom. The average Bonchev–Trinajstić information content (AvgIpc) is 3.46. The van der Waals surface area contributed by atoms with Gasteiger partial charge in [-0.05, 0) is 54.5 Å². The highest BCUT2D eigenvalue weighted by molar-refractivity contribution is 5.64. The molecule has 0 spiro atoms. The number of hydrogen-bond acceptors (Lipinski definition) is 6. The summed E-state index contributed by atoms with van der Waals surface area (Å²) in [5.74, 6) is 1.10. The summed E-state index contributed by atoms with van der Waals surface area (Å²) in [5, 5.41) is 9.86. The van der Waals surface area contributed by atoms with Gasteiger partial charge < -0.3 is 14.8 Å². The van der Waals surface area contributed by atoms with Crippen LogP contribution in [-0.2, 0) is 11.2 Å². The van der Waals surface area contributed by atoms with Gasteiger partial charge >= 0.3 is 0 Å².